The molecule has 3 aromatic rings. The van der Waals surface area contributed by atoms with Gasteiger partial charge in [-0.05, 0) is 42.5 Å². The fourth-order valence-electron chi connectivity index (χ4n) is 5.24. The Morgan fingerprint density at radius 1 is 1.23 bits per heavy atom. The molecule has 0 bridgehead atoms. The highest BCUT2D eigenvalue weighted by molar-refractivity contribution is 6.01. The Morgan fingerprint density at radius 3 is 2.60 bits per heavy atom. The fourth-order valence-corrected chi connectivity index (χ4v) is 5.24. The van der Waals surface area contributed by atoms with E-state index in [0.717, 1.165) is 22.8 Å². The van der Waals surface area contributed by atoms with Crippen LogP contribution >= 0.6 is 0 Å². The highest BCUT2D eigenvalue weighted by atomic mass is 16.6. The molecule has 9 heteroatoms. The Morgan fingerprint density at radius 2 is 1.94 bits per heavy atom. The number of carbonyl (C=O) groups excluding carboxylic acids is 1. The van der Waals surface area contributed by atoms with Crippen LogP contribution in [0.3, 0.4) is 0 Å². The molecule has 1 aliphatic carbocycles. The van der Waals surface area contributed by atoms with Gasteiger partial charge < -0.3 is 15.2 Å². The first-order valence-corrected chi connectivity index (χ1v) is 11.3. The predicted octanol–water partition coefficient (Wildman–Crippen LogP) is 5.00. The molecule has 1 atom stereocenters. The standard InChI is InChI=1S/C26H26N4O5/c1-14-21-22(15-10-18(30(33)34)24(32)20(11-15)35-4)23-17(12-26(2,3)13-19(23)31)27-25(21)29(28-14)16-8-6-5-7-9-16/h5-11,22,27,32H,12-13H2,1-4H3/t22-/m1/s1. The van der Waals surface area contributed by atoms with E-state index in [4.69, 9.17) is 9.84 Å². The SMILES string of the molecule is COc1cc([C@H]2C3=C(CC(C)(C)CC3=O)Nc3c2c(C)nn3-c2ccccc2)cc([N+](=O)[O-])c1O. The normalized spacial score (nSPS) is 18.5. The van der Waals surface area contributed by atoms with Gasteiger partial charge in [0.2, 0.25) is 5.75 Å². The first-order valence-electron chi connectivity index (χ1n) is 11.3. The lowest BCUT2D eigenvalue weighted by atomic mass is 9.69. The number of aryl methyl sites for hydroxylation is 1. The molecule has 0 amide bonds. The molecule has 0 radical (unpaired) electrons. The largest absolute Gasteiger partial charge is 0.500 e. The van der Waals surface area contributed by atoms with E-state index in [1.165, 1.54) is 13.2 Å². The topological polar surface area (TPSA) is 120 Å². The maximum atomic E-state index is 13.5. The number of para-hydroxylation sites is 1. The molecule has 9 nitrogen and oxygen atoms in total. The van der Waals surface area contributed by atoms with Crippen LogP contribution in [0.15, 0.2) is 53.7 Å². The Bertz CT molecular complexity index is 1400. The van der Waals surface area contributed by atoms with E-state index < -0.39 is 22.3 Å². The average molecular weight is 475 g/mol. The number of aromatic hydroxyl groups is 1. The summed E-state index contributed by atoms with van der Waals surface area (Å²) < 4.78 is 7.07. The van der Waals surface area contributed by atoms with Gasteiger partial charge in [-0.1, -0.05) is 32.0 Å². The molecule has 2 heterocycles. The van der Waals surface area contributed by atoms with Crippen molar-refractivity contribution in [3.05, 3.63) is 80.7 Å². The molecule has 0 fully saturated rings. The molecule has 0 spiro atoms. The average Bonchev–Trinajstić information content (AvgIpc) is 3.13. The van der Waals surface area contributed by atoms with Gasteiger partial charge in [0.25, 0.3) is 0 Å². The predicted molar refractivity (Wildman–Crippen MR) is 130 cm³/mol. The number of anilines is 1. The smallest absolute Gasteiger partial charge is 0.314 e. The van der Waals surface area contributed by atoms with Gasteiger partial charge >= 0.3 is 5.69 Å². The molecular weight excluding hydrogens is 448 g/mol. The summed E-state index contributed by atoms with van der Waals surface area (Å²) in [7, 11) is 1.34. The third-order valence-electron chi connectivity index (χ3n) is 6.70. The number of benzene rings is 2. The van der Waals surface area contributed by atoms with Crippen LogP contribution < -0.4 is 10.1 Å². The van der Waals surface area contributed by atoms with Gasteiger partial charge in [-0.2, -0.15) is 5.10 Å². The fraction of sp³-hybridized carbons (Fsp3) is 0.308. The van der Waals surface area contributed by atoms with Crippen LogP contribution in [-0.2, 0) is 4.79 Å². The number of carbonyl (C=O) groups is 1. The first kappa shape index (κ1) is 22.6. The van der Waals surface area contributed by atoms with E-state index in [-0.39, 0.29) is 16.9 Å². The molecule has 2 aromatic carbocycles. The van der Waals surface area contributed by atoms with Crippen molar-refractivity contribution in [1.82, 2.24) is 9.78 Å². The summed E-state index contributed by atoms with van der Waals surface area (Å²) >= 11 is 0. The van der Waals surface area contributed by atoms with Crippen molar-refractivity contribution >= 4 is 17.3 Å². The lowest BCUT2D eigenvalue weighted by Crippen LogP contribution is -2.34. The number of nitro groups is 1. The van der Waals surface area contributed by atoms with Crippen molar-refractivity contribution in [3.63, 3.8) is 0 Å². The summed E-state index contributed by atoms with van der Waals surface area (Å²) in [6.07, 6.45) is 1.00. The Kier molecular flexibility index (Phi) is 5.16. The lowest BCUT2D eigenvalue weighted by Gasteiger charge is -2.38. The molecule has 0 saturated carbocycles. The van der Waals surface area contributed by atoms with Crippen LogP contribution in [0.25, 0.3) is 5.69 Å². The van der Waals surface area contributed by atoms with E-state index in [9.17, 15) is 20.0 Å². The maximum Gasteiger partial charge on any atom is 0.314 e. The molecule has 0 unspecified atom stereocenters. The molecule has 0 saturated heterocycles. The number of fused-ring (bicyclic) bond motifs is 1. The van der Waals surface area contributed by atoms with Gasteiger partial charge in [0.05, 0.1) is 23.4 Å². The minimum absolute atomic E-state index is 0.0130. The molecule has 180 valence electrons. The van der Waals surface area contributed by atoms with Crippen LogP contribution in [0.2, 0.25) is 0 Å². The van der Waals surface area contributed by atoms with E-state index in [2.05, 4.69) is 19.2 Å². The summed E-state index contributed by atoms with van der Waals surface area (Å²) in [6, 6.07) is 12.5. The Balaban J connectivity index is 1.81. The molecule has 5 rings (SSSR count). The highest BCUT2D eigenvalue weighted by Crippen LogP contribution is 2.52. The lowest BCUT2D eigenvalue weighted by molar-refractivity contribution is -0.386. The number of phenolic OH excluding ortho intramolecular Hbond substituents is 1. The van der Waals surface area contributed by atoms with E-state index in [1.807, 2.05) is 37.3 Å². The van der Waals surface area contributed by atoms with Crippen molar-refractivity contribution in [2.24, 2.45) is 5.41 Å². The van der Waals surface area contributed by atoms with Crippen molar-refractivity contribution in [3.8, 4) is 17.2 Å². The summed E-state index contributed by atoms with van der Waals surface area (Å²) in [4.78, 5) is 24.6. The molecule has 2 N–H and O–H groups in total. The second-order valence-electron chi connectivity index (χ2n) is 9.83. The molecular formula is C26H26N4O5. The zero-order valence-electron chi connectivity index (χ0n) is 20.0. The van der Waals surface area contributed by atoms with Crippen molar-refractivity contribution in [2.75, 3.05) is 12.4 Å². The number of nitrogens with zero attached hydrogens (tertiary/aromatic N) is 3. The monoisotopic (exact) mass is 474 g/mol. The van der Waals surface area contributed by atoms with Gasteiger partial charge in [-0.15, -0.1) is 0 Å². The van der Waals surface area contributed by atoms with Crippen LogP contribution in [0.4, 0.5) is 11.5 Å². The molecule has 35 heavy (non-hydrogen) atoms. The van der Waals surface area contributed by atoms with Gasteiger partial charge in [-0.25, -0.2) is 4.68 Å². The second kappa shape index (κ2) is 7.97. The Labute approximate surface area is 202 Å². The van der Waals surface area contributed by atoms with Gasteiger partial charge in [0, 0.05) is 35.2 Å². The number of nitro benzene ring substituents is 1. The van der Waals surface area contributed by atoms with Crippen LogP contribution in [0.5, 0.6) is 11.5 Å². The summed E-state index contributed by atoms with van der Waals surface area (Å²) in [5.41, 5.74) is 3.45. The number of rotatable bonds is 4. The van der Waals surface area contributed by atoms with E-state index in [0.29, 0.717) is 29.7 Å². The number of hydrogen-bond donors (Lipinski definition) is 2. The van der Waals surface area contributed by atoms with Crippen molar-refractivity contribution in [2.45, 2.75) is 39.5 Å². The van der Waals surface area contributed by atoms with Crippen molar-refractivity contribution < 1.29 is 19.6 Å². The second-order valence-corrected chi connectivity index (χ2v) is 9.83. The summed E-state index contributed by atoms with van der Waals surface area (Å²) in [5.74, 6) is -0.459. The molecule has 2 aliphatic rings. The zero-order chi connectivity index (χ0) is 25.1. The zero-order valence-corrected chi connectivity index (χ0v) is 20.0. The first-order chi connectivity index (χ1) is 16.6. The quantitative estimate of drug-likeness (QED) is 0.403. The number of hydrogen-bond acceptors (Lipinski definition) is 7. The number of phenols is 1. The van der Waals surface area contributed by atoms with E-state index in [1.54, 1.807) is 10.7 Å². The van der Waals surface area contributed by atoms with E-state index >= 15 is 0 Å². The maximum absolute atomic E-state index is 13.5. The number of Topliss-reactive ketones (excluding diaryl/α,β-unsaturated/α-hetero) is 1. The minimum atomic E-state index is -0.648. The van der Waals surface area contributed by atoms with Crippen LogP contribution in [0.1, 0.15) is 49.4 Å². The third-order valence-corrected chi connectivity index (χ3v) is 6.70. The number of aromatic nitrogens is 2. The number of allylic oxidation sites excluding steroid dienone is 2. The highest BCUT2D eigenvalue weighted by Gasteiger charge is 2.43. The Hall–Kier alpha value is -4.14. The number of ether oxygens (including phenoxy) is 1. The minimum Gasteiger partial charge on any atom is -0.500 e. The number of methoxy groups -OCH3 is 1. The molecule has 1 aliphatic heterocycles. The van der Waals surface area contributed by atoms with Gasteiger partial charge in [0.1, 0.15) is 5.82 Å². The van der Waals surface area contributed by atoms with Crippen molar-refractivity contribution in [1.29, 1.82) is 0 Å². The third kappa shape index (κ3) is 3.63. The molecule has 1 aromatic heterocycles. The van der Waals surface area contributed by atoms with Crippen LogP contribution in [-0.4, -0.2) is 32.7 Å². The summed E-state index contributed by atoms with van der Waals surface area (Å²) in [5, 5.41) is 30.4. The number of nitrogens with one attached hydrogen (secondary N) is 1. The van der Waals surface area contributed by atoms with Gasteiger partial charge in [0.15, 0.2) is 11.5 Å². The summed E-state index contributed by atoms with van der Waals surface area (Å²) in [6.45, 7) is 5.96. The van der Waals surface area contributed by atoms with Gasteiger partial charge in [-0.3, -0.25) is 14.9 Å². The number of ketones is 1. The van der Waals surface area contributed by atoms with Crippen LogP contribution in [0, 0.1) is 22.5 Å².